The molecule has 2 aromatic rings. The van der Waals surface area contributed by atoms with Crippen molar-refractivity contribution < 1.29 is 9.21 Å². The van der Waals surface area contributed by atoms with Crippen molar-refractivity contribution in [1.82, 2.24) is 15.5 Å². The number of hydrogen-bond donors (Lipinski definition) is 1. The maximum Gasteiger partial charge on any atom is 0.277 e. The lowest BCUT2D eigenvalue weighted by atomic mass is 10.1. The van der Waals surface area contributed by atoms with Gasteiger partial charge >= 0.3 is 0 Å². The van der Waals surface area contributed by atoms with Gasteiger partial charge in [0.1, 0.15) is 0 Å². The van der Waals surface area contributed by atoms with Crippen LogP contribution in [0.25, 0.3) is 11.5 Å². The molecule has 1 aliphatic rings. The van der Waals surface area contributed by atoms with Crippen molar-refractivity contribution in [1.29, 1.82) is 0 Å². The average molecular weight is 303 g/mol. The van der Waals surface area contributed by atoms with Crippen molar-refractivity contribution in [3.63, 3.8) is 0 Å². The quantitative estimate of drug-likeness (QED) is 0.860. The Bertz CT molecular complexity index is 635. The van der Waals surface area contributed by atoms with Crippen LogP contribution in [0, 0.1) is 6.92 Å². The number of rotatable bonds is 5. The summed E-state index contributed by atoms with van der Waals surface area (Å²) in [7, 11) is 0. The maximum atomic E-state index is 11.9. The molecule has 21 heavy (non-hydrogen) atoms. The fourth-order valence-electron chi connectivity index (χ4n) is 1.82. The Hall–Kier alpha value is -1.82. The van der Waals surface area contributed by atoms with Crippen LogP contribution in [0.4, 0.5) is 0 Å². The Kier molecular flexibility index (Phi) is 3.96. The average Bonchev–Trinajstić information content (AvgIpc) is 3.16. The molecule has 6 heteroatoms. The van der Waals surface area contributed by atoms with Gasteiger partial charge in [0, 0.05) is 11.6 Å². The van der Waals surface area contributed by atoms with E-state index in [9.17, 15) is 4.79 Å². The SMILES string of the molecule is Cc1ccc(-c2nnc(SC(C)C(=O)NC3CC3)o2)cc1. The second-order valence-corrected chi connectivity index (χ2v) is 6.57. The summed E-state index contributed by atoms with van der Waals surface area (Å²) in [4.78, 5) is 11.9. The van der Waals surface area contributed by atoms with Crippen LogP contribution in [0.1, 0.15) is 25.3 Å². The Morgan fingerprint density at radius 1 is 1.33 bits per heavy atom. The second kappa shape index (κ2) is 5.89. The van der Waals surface area contributed by atoms with E-state index in [2.05, 4.69) is 15.5 Å². The van der Waals surface area contributed by atoms with Crippen molar-refractivity contribution >= 4 is 17.7 Å². The van der Waals surface area contributed by atoms with Crippen LogP contribution >= 0.6 is 11.8 Å². The zero-order chi connectivity index (χ0) is 14.8. The van der Waals surface area contributed by atoms with E-state index in [4.69, 9.17) is 4.42 Å². The highest BCUT2D eigenvalue weighted by molar-refractivity contribution is 8.00. The monoisotopic (exact) mass is 303 g/mol. The topological polar surface area (TPSA) is 68.0 Å². The first kappa shape index (κ1) is 14.1. The van der Waals surface area contributed by atoms with Crippen molar-refractivity contribution in [2.75, 3.05) is 0 Å². The molecule has 1 saturated carbocycles. The van der Waals surface area contributed by atoms with Crippen molar-refractivity contribution in [3.8, 4) is 11.5 Å². The van der Waals surface area contributed by atoms with Crippen LogP contribution in [-0.4, -0.2) is 27.4 Å². The summed E-state index contributed by atoms with van der Waals surface area (Å²) in [5.41, 5.74) is 2.06. The van der Waals surface area contributed by atoms with Crippen LogP contribution in [0.5, 0.6) is 0 Å². The van der Waals surface area contributed by atoms with Crippen LogP contribution in [0.2, 0.25) is 0 Å². The highest BCUT2D eigenvalue weighted by Gasteiger charge is 2.26. The van der Waals surface area contributed by atoms with Gasteiger partial charge in [-0.25, -0.2) is 0 Å². The Morgan fingerprint density at radius 2 is 2.05 bits per heavy atom. The van der Waals surface area contributed by atoms with Crippen LogP contribution in [0.15, 0.2) is 33.9 Å². The third-order valence-corrected chi connectivity index (χ3v) is 4.21. The molecule has 1 fully saturated rings. The van der Waals surface area contributed by atoms with Gasteiger partial charge in [0.05, 0.1) is 5.25 Å². The lowest BCUT2D eigenvalue weighted by Crippen LogP contribution is -2.32. The molecule has 0 bridgehead atoms. The van der Waals surface area contributed by atoms with Gasteiger partial charge < -0.3 is 9.73 Å². The van der Waals surface area contributed by atoms with E-state index in [1.165, 1.54) is 17.3 Å². The fourth-order valence-corrected chi connectivity index (χ4v) is 2.51. The number of aryl methyl sites for hydroxylation is 1. The minimum Gasteiger partial charge on any atom is -0.411 e. The molecule has 0 saturated heterocycles. The molecule has 0 spiro atoms. The molecule has 1 heterocycles. The highest BCUT2D eigenvalue weighted by atomic mass is 32.2. The van der Waals surface area contributed by atoms with Crippen molar-refractivity contribution in [2.45, 2.75) is 43.2 Å². The first-order chi connectivity index (χ1) is 10.1. The smallest absolute Gasteiger partial charge is 0.277 e. The normalized spacial score (nSPS) is 15.7. The molecule has 1 aromatic carbocycles. The number of thioether (sulfide) groups is 1. The summed E-state index contributed by atoms with van der Waals surface area (Å²) in [5, 5.41) is 11.2. The standard InChI is InChI=1S/C15H17N3O2S/c1-9-3-5-11(6-4-9)14-17-18-15(20-14)21-10(2)13(19)16-12-7-8-12/h3-6,10,12H,7-8H2,1-2H3,(H,16,19). The van der Waals surface area contributed by atoms with E-state index in [1.54, 1.807) is 0 Å². The zero-order valence-electron chi connectivity index (χ0n) is 12.0. The van der Waals surface area contributed by atoms with Gasteiger partial charge in [0.2, 0.25) is 11.8 Å². The number of carbonyl (C=O) groups is 1. The Labute approximate surface area is 127 Å². The molecule has 1 aliphatic carbocycles. The Balaban J connectivity index is 1.64. The molecule has 5 nitrogen and oxygen atoms in total. The summed E-state index contributed by atoms with van der Waals surface area (Å²) in [6.45, 7) is 3.87. The second-order valence-electron chi connectivity index (χ2n) is 5.28. The number of hydrogen-bond acceptors (Lipinski definition) is 5. The lowest BCUT2D eigenvalue weighted by Gasteiger charge is -2.08. The number of amides is 1. The maximum absolute atomic E-state index is 11.9. The van der Waals surface area contributed by atoms with Gasteiger partial charge in [0.15, 0.2) is 0 Å². The van der Waals surface area contributed by atoms with E-state index in [0.717, 1.165) is 18.4 Å². The van der Waals surface area contributed by atoms with Crippen molar-refractivity contribution in [2.24, 2.45) is 0 Å². The summed E-state index contributed by atoms with van der Waals surface area (Å²) >= 11 is 1.29. The number of nitrogens with one attached hydrogen (secondary N) is 1. The molecule has 0 aliphatic heterocycles. The van der Waals surface area contributed by atoms with Crippen molar-refractivity contribution in [3.05, 3.63) is 29.8 Å². The number of nitrogens with zero attached hydrogens (tertiary/aromatic N) is 2. The Morgan fingerprint density at radius 3 is 2.71 bits per heavy atom. The summed E-state index contributed by atoms with van der Waals surface area (Å²) in [6, 6.07) is 8.25. The third kappa shape index (κ3) is 3.64. The van der Waals surface area contributed by atoms with Gasteiger partial charge in [-0.05, 0) is 38.8 Å². The summed E-state index contributed by atoms with van der Waals surface area (Å²) < 4.78 is 5.61. The predicted molar refractivity (Wildman–Crippen MR) is 81.0 cm³/mol. The molecule has 3 rings (SSSR count). The molecule has 1 aromatic heterocycles. The first-order valence-electron chi connectivity index (χ1n) is 6.99. The number of benzene rings is 1. The van der Waals surface area contributed by atoms with Gasteiger partial charge in [0.25, 0.3) is 5.22 Å². The minimum atomic E-state index is -0.239. The van der Waals surface area contributed by atoms with E-state index < -0.39 is 0 Å². The minimum absolute atomic E-state index is 0.0255. The van der Waals surface area contributed by atoms with Gasteiger partial charge in [-0.1, -0.05) is 29.5 Å². The van der Waals surface area contributed by atoms with Gasteiger partial charge in [-0.2, -0.15) is 0 Å². The molecule has 1 N–H and O–H groups in total. The zero-order valence-corrected chi connectivity index (χ0v) is 12.8. The molecule has 0 radical (unpaired) electrons. The van der Waals surface area contributed by atoms with Gasteiger partial charge in [-0.15, -0.1) is 10.2 Å². The molecule has 1 atom stereocenters. The number of aromatic nitrogens is 2. The van der Waals surface area contributed by atoms with E-state index in [-0.39, 0.29) is 11.2 Å². The molecule has 1 unspecified atom stereocenters. The molecule has 1 amide bonds. The highest BCUT2D eigenvalue weighted by Crippen LogP contribution is 2.27. The van der Waals surface area contributed by atoms with E-state index in [1.807, 2.05) is 38.1 Å². The third-order valence-electron chi connectivity index (χ3n) is 3.28. The molecule has 110 valence electrons. The van der Waals surface area contributed by atoms with E-state index >= 15 is 0 Å². The van der Waals surface area contributed by atoms with Crippen LogP contribution in [-0.2, 0) is 4.79 Å². The number of carbonyl (C=O) groups excluding carboxylic acids is 1. The van der Waals surface area contributed by atoms with E-state index in [0.29, 0.717) is 17.2 Å². The van der Waals surface area contributed by atoms with Crippen LogP contribution < -0.4 is 5.32 Å². The predicted octanol–water partition coefficient (Wildman–Crippen LogP) is 2.80. The first-order valence-corrected chi connectivity index (χ1v) is 7.87. The fraction of sp³-hybridized carbons (Fsp3) is 0.400. The van der Waals surface area contributed by atoms with Gasteiger partial charge in [-0.3, -0.25) is 4.79 Å². The molecular weight excluding hydrogens is 286 g/mol. The largest absolute Gasteiger partial charge is 0.411 e. The lowest BCUT2D eigenvalue weighted by molar-refractivity contribution is -0.120. The molecular formula is C15H17N3O2S. The summed E-state index contributed by atoms with van der Waals surface area (Å²) in [6.07, 6.45) is 2.17. The summed E-state index contributed by atoms with van der Waals surface area (Å²) in [5.74, 6) is 0.505. The van der Waals surface area contributed by atoms with Crippen LogP contribution in [0.3, 0.4) is 0 Å².